The number of fused-ring (bicyclic) bond motifs is 11. The first kappa shape index (κ1) is 31.3. The lowest BCUT2D eigenvalue weighted by molar-refractivity contribution is 0.0752. The zero-order chi connectivity index (χ0) is 36.5. The molecular weight excluding hydrogens is 711 g/mol. The maximum atomic E-state index is 13.9. The normalized spacial score (nSPS) is 18.1. The highest BCUT2D eigenvalue weighted by Gasteiger charge is 2.51. The van der Waals surface area contributed by atoms with Gasteiger partial charge < -0.3 is 14.8 Å². The Morgan fingerprint density at radius 1 is 0.345 bits per heavy atom. The Morgan fingerprint density at radius 2 is 0.818 bits per heavy atom. The van der Waals surface area contributed by atoms with Crippen LogP contribution in [0.25, 0.3) is 67.8 Å². The van der Waals surface area contributed by atoms with Crippen molar-refractivity contribution >= 4 is 84.8 Å². The number of aromatic nitrogens is 1. The van der Waals surface area contributed by atoms with Gasteiger partial charge in [-0.15, -0.1) is 22.7 Å². The number of benzene rings is 8. The molecule has 12 rings (SSSR count). The molecule has 0 aliphatic heterocycles. The van der Waals surface area contributed by atoms with Crippen molar-refractivity contribution < 1.29 is 10.2 Å². The minimum atomic E-state index is -1.60. The van der Waals surface area contributed by atoms with Gasteiger partial charge in [-0.3, -0.25) is 0 Å². The third-order valence-electron chi connectivity index (χ3n) is 11.9. The Bertz CT molecular complexity index is 3370. The van der Waals surface area contributed by atoms with Gasteiger partial charge in [-0.1, -0.05) is 109 Å². The standard InChI is InChI=1S/C50H31NO2S2/c52-49(30-22-24-47-37(26-30)34-15-5-10-20-45(34)54-47)39-17-7-8-18-40(39)50(53,31-23-25-48-38(27-31)35-16-6-11-21-46(35)55-48)42-29-44-36(28-41(42)49)33-14-4-9-19-43(33)51(44)32-12-2-1-3-13-32/h1-29,52-53H. The molecule has 0 spiro atoms. The van der Waals surface area contributed by atoms with Gasteiger partial charge in [-0.2, -0.15) is 0 Å². The number of rotatable bonds is 3. The van der Waals surface area contributed by atoms with E-state index in [1.54, 1.807) is 22.7 Å². The molecular formula is C50H31NO2S2. The molecule has 260 valence electrons. The SMILES string of the molecule is OC1(c2ccc3sc4ccccc4c3c2)c2ccccc2C(O)(c2ccc3sc4ccccc4c3c2)c2cc3c(cc21)c1ccccc1n3-c1ccccc1. The largest absolute Gasteiger partial charge is 0.376 e. The van der Waals surface area contributed by atoms with Crippen molar-refractivity contribution in [2.45, 2.75) is 11.2 Å². The van der Waals surface area contributed by atoms with Crippen LogP contribution in [0.3, 0.4) is 0 Å². The summed E-state index contributed by atoms with van der Waals surface area (Å²) in [6, 6.07) is 60.8. The lowest BCUT2D eigenvalue weighted by Crippen LogP contribution is -2.44. The molecule has 3 aromatic heterocycles. The highest BCUT2D eigenvalue weighted by Crippen LogP contribution is 2.56. The smallest absolute Gasteiger partial charge is 0.141 e. The van der Waals surface area contributed by atoms with Crippen molar-refractivity contribution in [2.24, 2.45) is 0 Å². The summed E-state index contributed by atoms with van der Waals surface area (Å²) >= 11 is 3.53. The minimum absolute atomic E-state index is 0.662. The van der Waals surface area contributed by atoms with E-state index in [0.717, 1.165) is 49.4 Å². The molecule has 0 bridgehead atoms. The molecule has 55 heavy (non-hydrogen) atoms. The molecule has 0 saturated carbocycles. The van der Waals surface area contributed by atoms with Gasteiger partial charge in [-0.25, -0.2) is 0 Å². The van der Waals surface area contributed by atoms with E-state index in [9.17, 15) is 10.2 Å². The van der Waals surface area contributed by atoms with E-state index in [-0.39, 0.29) is 0 Å². The summed E-state index contributed by atoms with van der Waals surface area (Å²) in [5.41, 5.74) is 4.09. The van der Waals surface area contributed by atoms with Gasteiger partial charge >= 0.3 is 0 Å². The fourth-order valence-electron chi connectivity index (χ4n) is 9.40. The van der Waals surface area contributed by atoms with Crippen molar-refractivity contribution in [2.75, 3.05) is 0 Å². The Balaban J connectivity index is 1.23. The Hall–Kier alpha value is -6.08. The molecule has 3 nitrogen and oxygen atoms in total. The summed E-state index contributed by atoms with van der Waals surface area (Å²) in [7, 11) is 0. The molecule has 2 atom stereocenters. The molecule has 0 radical (unpaired) electrons. The first-order valence-electron chi connectivity index (χ1n) is 18.5. The number of aliphatic hydroxyl groups is 2. The molecule has 8 aromatic carbocycles. The van der Waals surface area contributed by atoms with E-state index in [0.29, 0.717) is 22.3 Å². The molecule has 3 heterocycles. The third-order valence-corrected chi connectivity index (χ3v) is 14.2. The second kappa shape index (κ2) is 11.2. The van der Waals surface area contributed by atoms with Gasteiger partial charge in [0.15, 0.2) is 0 Å². The van der Waals surface area contributed by atoms with Crippen LogP contribution in [-0.2, 0) is 11.2 Å². The van der Waals surface area contributed by atoms with Crippen molar-refractivity contribution in [3.8, 4) is 5.69 Å². The fourth-order valence-corrected chi connectivity index (χ4v) is 11.6. The van der Waals surface area contributed by atoms with Crippen molar-refractivity contribution in [3.63, 3.8) is 0 Å². The van der Waals surface area contributed by atoms with E-state index >= 15 is 0 Å². The lowest BCUT2D eigenvalue weighted by atomic mass is 9.63. The predicted octanol–water partition coefficient (Wildman–Crippen LogP) is 12.4. The monoisotopic (exact) mass is 741 g/mol. The third kappa shape index (κ3) is 4.16. The van der Waals surface area contributed by atoms with E-state index < -0.39 is 11.2 Å². The van der Waals surface area contributed by atoms with Crippen LogP contribution in [0.2, 0.25) is 0 Å². The second-order valence-corrected chi connectivity index (χ2v) is 16.9. The first-order valence-corrected chi connectivity index (χ1v) is 20.2. The molecule has 2 unspecified atom stereocenters. The van der Waals surface area contributed by atoms with Crippen LogP contribution in [0.1, 0.15) is 33.4 Å². The molecule has 0 fully saturated rings. The van der Waals surface area contributed by atoms with Crippen LogP contribution >= 0.6 is 22.7 Å². The van der Waals surface area contributed by atoms with Crippen LogP contribution in [0.5, 0.6) is 0 Å². The van der Waals surface area contributed by atoms with Gasteiger partial charge in [0.1, 0.15) is 11.2 Å². The molecule has 1 aliphatic carbocycles. The average Bonchev–Trinajstić information content (AvgIpc) is 3.91. The van der Waals surface area contributed by atoms with Gasteiger partial charge in [-0.05, 0) is 89.0 Å². The molecule has 0 amide bonds. The maximum Gasteiger partial charge on any atom is 0.141 e. The van der Waals surface area contributed by atoms with Gasteiger partial charge in [0.2, 0.25) is 0 Å². The van der Waals surface area contributed by atoms with E-state index in [1.165, 1.54) is 29.6 Å². The number of hydrogen-bond donors (Lipinski definition) is 2. The van der Waals surface area contributed by atoms with Crippen molar-refractivity contribution in [3.05, 3.63) is 209 Å². The maximum absolute atomic E-state index is 13.9. The van der Waals surface area contributed by atoms with Crippen LogP contribution in [0.15, 0.2) is 176 Å². The zero-order valence-electron chi connectivity index (χ0n) is 29.4. The lowest BCUT2D eigenvalue weighted by Gasteiger charge is -2.45. The van der Waals surface area contributed by atoms with Gasteiger partial charge in [0, 0.05) is 67.9 Å². The Labute approximate surface area is 324 Å². The minimum Gasteiger partial charge on any atom is -0.376 e. The number of nitrogens with zero attached hydrogens (tertiary/aromatic N) is 1. The Kier molecular flexibility index (Phi) is 6.39. The van der Waals surface area contributed by atoms with Crippen LogP contribution in [-0.4, -0.2) is 14.8 Å². The topological polar surface area (TPSA) is 45.4 Å². The number of thiophene rings is 2. The first-order chi connectivity index (χ1) is 27.0. The van der Waals surface area contributed by atoms with Crippen molar-refractivity contribution in [1.82, 2.24) is 4.57 Å². The highest BCUT2D eigenvalue weighted by atomic mass is 32.1. The summed E-state index contributed by atoms with van der Waals surface area (Å²) in [5, 5.41) is 34.3. The highest BCUT2D eigenvalue weighted by molar-refractivity contribution is 7.26. The fraction of sp³-hybridized carbons (Fsp3) is 0.0400. The molecule has 0 saturated heterocycles. The van der Waals surface area contributed by atoms with Crippen LogP contribution in [0.4, 0.5) is 0 Å². The van der Waals surface area contributed by atoms with Crippen molar-refractivity contribution in [1.29, 1.82) is 0 Å². The molecule has 1 aliphatic rings. The van der Waals surface area contributed by atoms with E-state index in [1.807, 2.05) is 30.3 Å². The quantitative estimate of drug-likeness (QED) is 0.189. The second-order valence-electron chi connectivity index (χ2n) is 14.7. The zero-order valence-corrected chi connectivity index (χ0v) is 31.0. The summed E-state index contributed by atoms with van der Waals surface area (Å²) in [4.78, 5) is 0. The van der Waals surface area contributed by atoms with Crippen LogP contribution in [0, 0.1) is 0 Å². The summed E-state index contributed by atoms with van der Waals surface area (Å²) in [6.45, 7) is 0. The van der Waals surface area contributed by atoms with Gasteiger partial charge in [0.05, 0.1) is 11.0 Å². The van der Waals surface area contributed by atoms with Gasteiger partial charge in [0.25, 0.3) is 0 Å². The Morgan fingerprint density at radius 3 is 1.42 bits per heavy atom. The molecule has 11 aromatic rings. The van der Waals surface area contributed by atoms with E-state index in [4.69, 9.17) is 0 Å². The molecule has 5 heteroatoms. The average molecular weight is 742 g/mol. The summed E-state index contributed by atoms with van der Waals surface area (Å²) < 4.78 is 7.06. The summed E-state index contributed by atoms with van der Waals surface area (Å²) in [6.07, 6.45) is 0. The van der Waals surface area contributed by atoms with Crippen LogP contribution < -0.4 is 0 Å². The predicted molar refractivity (Wildman–Crippen MR) is 230 cm³/mol. The molecule has 2 N–H and O–H groups in total. The number of hydrogen-bond acceptors (Lipinski definition) is 4. The van der Waals surface area contributed by atoms with E-state index in [2.05, 4.69) is 150 Å². The number of para-hydroxylation sites is 2. The summed E-state index contributed by atoms with van der Waals surface area (Å²) in [5.74, 6) is 0.